The average Bonchev–Trinajstić information content (AvgIpc) is 3.24. The lowest BCUT2D eigenvalue weighted by Gasteiger charge is -2.19. The van der Waals surface area contributed by atoms with E-state index in [1.807, 2.05) is 49.4 Å². The molecule has 0 unspecified atom stereocenters. The van der Waals surface area contributed by atoms with E-state index >= 15 is 0 Å². The molecule has 0 aliphatic carbocycles. The Morgan fingerprint density at radius 3 is 2.09 bits per heavy atom. The van der Waals surface area contributed by atoms with Gasteiger partial charge in [0.1, 0.15) is 5.69 Å². The maximum atomic E-state index is 13.5. The van der Waals surface area contributed by atoms with Gasteiger partial charge in [-0.3, -0.25) is 4.79 Å². The molecule has 1 heterocycles. The zero-order valence-corrected chi connectivity index (χ0v) is 20.6. The van der Waals surface area contributed by atoms with Crippen LogP contribution in [-0.4, -0.2) is 10.9 Å². The van der Waals surface area contributed by atoms with Gasteiger partial charge in [0, 0.05) is 22.2 Å². The third kappa shape index (κ3) is 4.50. The van der Waals surface area contributed by atoms with Crippen molar-refractivity contribution >= 4 is 22.5 Å². The summed E-state index contributed by atoms with van der Waals surface area (Å²) >= 11 is 0. The monoisotopic (exact) mass is 458 g/mol. The highest BCUT2D eigenvalue weighted by atomic mass is 16.1. The van der Waals surface area contributed by atoms with E-state index in [4.69, 9.17) is 0 Å². The van der Waals surface area contributed by atoms with Crippen LogP contribution in [0.5, 0.6) is 0 Å². The summed E-state index contributed by atoms with van der Waals surface area (Å²) in [7, 11) is 0. The smallest absolute Gasteiger partial charge is 0.272 e. The predicted octanol–water partition coefficient (Wildman–Crippen LogP) is 8.36. The number of rotatable bonds is 4. The first-order valence-electron chi connectivity index (χ1n) is 12.0. The molecule has 0 spiro atoms. The van der Waals surface area contributed by atoms with Gasteiger partial charge in [0.15, 0.2) is 0 Å². The molecule has 5 aromatic rings. The number of aryl methyl sites for hydroxylation is 1. The number of aromatic nitrogens is 1. The van der Waals surface area contributed by atoms with Gasteiger partial charge in [-0.1, -0.05) is 99.6 Å². The Labute approximate surface area is 206 Å². The number of H-pyrrole nitrogens is 1. The van der Waals surface area contributed by atoms with Crippen molar-refractivity contribution in [2.24, 2.45) is 0 Å². The van der Waals surface area contributed by atoms with Crippen molar-refractivity contribution in [1.82, 2.24) is 4.98 Å². The van der Waals surface area contributed by atoms with Gasteiger partial charge in [-0.05, 0) is 58.4 Å². The van der Waals surface area contributed by atoms with E-state index < -0.39 is 0 Å². The molecule has 35 heavy (non-hydrogen) atoms. The van der Waals surface area contributed by atoms with Crippen LogP contribution in [0.3, 0.4) is 0 Å². The van der Waals surface area contributed by atoms with E-state index in [1.54, 1.807) is 0 Å². The van der Waals surface area contributed by atoms with Crippen LogP contribution >= 0.6 is 0 Å². The molecule has 1 aromatic heterocycles. The van der Waals surface area contributed by atoms with Crippen LogP contribution in [0.4, 0.5) is 5.69 Å². The second-order valence-electron chi connectivity index (χ2n) is 10.1. The lowest BCUT2D eigenvalue weighted by Crippen LogP contribution is -2.14. The van der Waals surface area contributed by atoms with Crippen molar-refractivity contribution in [2.75, 3.05) is 5.32 Å². The number of carbonyl (C=O) groups is 1. The molecule has 0 radical (unpaired) electrons. The van der Waals surface area contributed by atoms with Gasteiger partial charge < -0.3 is 10.3 Å². The number of amides is 1. The highest BCUT2D eigenvalue weighted by molar-refractivity contribution is 6.14. The van der Waals surface area contributed by atoms with Gasteiger partial charge in [0.05, 0.1) is 0 Å². The normalized spacial score (nSPS) is 11.5. The van der Waals surface area contributed by atoms with Gasteiger partial charge in [-0.15, -0.1) is 0 Å². The minimum atomic E-state index is -0.148. The number of hydrogen-bond donors (Lipinski definition) is 2. The number of para-hydroxylation sites is 1. The predicted molar refractivity (Wildman–Crippen MR) is 147 cm³/mol. The molecule has 0 bridgehead atoms. The fraction of sp³-hybridized carbons (Fsp3) is 0.156. The SMILES string of the molecule is Cc1ccccc1NC(=O)c1[nH]c2ccc(-c3ccc(C(C)(C)C)cc3)cc2c1-c1ccccc1. The molecule has 174 valence electrons. The Kier molecular flexibility index (Phi) is 5.78. The fourth-order valence-corrected chi connectivity index (χ4v) is 4.51. The molecule has 0 aliphatic heterocycles. The second-order valence-corrected chi connectivity index (χ2v) is 10.1. The third-order valence-electron chi connectivity index (χ3n) is 6.57. The zero-order chi connectivity index (χ0) is 24.6. The van der Waals surface area contributed by atoms with Crippen molar-refractivity contribution in [3.63, 3.8) is 0 Å². The molecule has 4 aromatic carbocycles. The largest absolute Gasteiger partial charge is 0.350 e. The molecule has 3 heteroatoms. The number of anilines is 1. The van der Waals surface area contributed by atoms with Crippen molar-refractivity contribution in [1.29, 1.82) is 0 Å². The summed E-state index contributed by atoms with van der Waals surface area (Å²) in [5.74, 6) is -0.148. The molecule has 5 rings (SSSR count). The summed E-state index contributed by atoms with van der Waals surface area (Å²) in [5.41, 5.74) is 8.98. The molecule has 1 amide bonds. The van der Waals surface area contributed by atoms with Gasteiger partial charge in [-0.25, -0.2) is 0 Å². The number of fused-ring (bicyclic) bond motifs is 1. The fourth-order valence-electron chi connectivity index (χ4n) is 4.51. The molecule has 0 saturated heterocycles. The quantitative estimate of drug-likeness (QED) is 0.279. The average molecular weight is 459 g/mol. The Morgan fingerprint density at radius 2 is 1.40 bits per heavy atom. The number of aromatic amines is 1. The zero-order valence-electron chi connectivity index (χ0n) is 20.6. The summed E-state index contributed by atoms with van der Waals surface area (Å²) in [5, 5.41) is 4.13. The van der Waals surface area contributed by atoms with Gasteiger partial charge in [-0.2, -0.15) is 0 Å². The highest BCUT2D eigenvalue weighted by Crippen LogP contribution is 2.36. The lowest BCUT2D eigenvalue weighted by molar-refractivity contribution is 0.102. The summed E-state index contributed by atoms with van der Waals surface area (Å²) in [6.45, 7) is 8.67. The number of benzene rings is 4. The summed E-state index contributed by atoms with van der Waals surface area (Å²) < 4.78 is 0. The molecular formula is C32H30N2O. The number of carbonyl (C=O) groups excluding carboxylic acids is 1. The molecule has 0 atom stereocenters. The van der Waals surface area contributed by atoms with Crippen molar-refractivity contribution in [3.05, 3.63) is 114 Å². The maximum absolute atomic E-state index is 13.5. The van der Waals surface area contributed by atoms with Crippen LogP contribution in [-0.2, 0) is 5.41 Å². The Hall–Kier alpha value is -4.11. The molecule has 0 fully saturated rings. The van der Waals surface area contributed by atoms with Crippen molar-refractivity contribution in [3.8, 4) is 22.3 Å². The van der Waals surface area contributed by atoms with Gasteiger partial charge >= 0.3 is 0 Å². The van der Waals surface area contributed by atoms with Crippen LogP contribution in [0.25, 0.3) is 33.2 Å². The summed E-state index contributed by atoms with van der Waals surface area (Å²) in [6.07, 6.45) is 0. The van der Waals surface area contributed by atoms with Crippen molar-refractivity contribution < 1.29 is 4.79 Å². The molecule has 3 nitrogen and oxygen atoms in total. The van der Waals surface area contributed by atoms with Crippen LogP contribution in [0.1, 0.15) is 42.4 Å². The number of nitrogens with one attached hydrogen (secondary N) is 2. The van der Waals surface area contributed by atoms with E-state index in [-0.39, 0.29) is 11.3 Å². The Morgan fingerprint density at radius 1 is 0.743 bits per heavy atom. The molecular weight excluding hydrogens is 428 g/mol. The van der Waals surface area contributed by atoms with E-state index in [2.05, 4.69) is 85.7 Å². The summed E-state index contributed by atoms with van der Waals surface area (Å²) in [6, 6.07) is 33.1. The number of hydrogen-bond acceptors (Lipinski definition) is 1. The highest BCUT2D eigenvalue weighted by Gasteiger charge is 2.20. The first-order valence-corrected chi connectivity index (χ1v) is 12.0. The standard InChI is InChI=1S/C32H30N2O/c1-21-10-8-9-13-27(21)34-31(35)30-29(23-11-6-5-7-12-23)26-20-24(16-19-28(26)33-30)22-14-17-25(18-15-22)32(2,3)4/h5-20,33H,1-4H3,(H,34,35). The van der Waals surface area contributed by atoms with Gasteiger partial charge in [0.2, 0.25) is 0 Å². The van der Waals surface area contributed by atoms with Crippen molar-refractivity contribution in [2.45, 2.75) is 33.1 Å². The molecule has 2 N–H and O–H groups in total. The van der Waals surface area contributed by atoms with E-state index in [0.717, 1.165) is 44.4 Å². The minimum Gasteiger partial charge on any atom is -0.350 e. The maximum Gasteiger partial charge on any atom is 0.272 e. The van der Waals surface area contributed by atoms with Crippen LogP contribution in [0.2, 0.25) is 0 Å². The Balaban J connectivity index is 1.62. The lowest BCUT2D eigenvalue weighted by atomic mass is 9.86. The molecule has 0 aliphatic rings. The first-order chi connectivity index (χ1) is 16.8. The second kappa shape index (κ2) is 8.92. The van der Waals surface area contributed by atoms with E-state index in [9.17, 15) is 4.79 Å². The van der Waals surface area contributed by atoms with Crippen LogP contribution in [0, 0.1) is 6.92 Å². The Bertz CT molecular complexity index is 1500. The third-order valence-corrected chi connectivity index (χ3v) is 6.57. The van der Waals surface area contributed by atoms with Crippen LogP contribution < -0.4 is 5.32 Å². The van der Waals surface area contributed by atoms with E-state index in [0.29, 0.717) is 5.69 Å². The summed E-state index contributed by atoms with van der Waals surface area (Å²) in [4.78, 5) is 16.9. The topological polar surface area (TPSA) is 44.9 Å². The first kappa shape index (κ1) is 22.7. The van der Waals surface area contributed by atoms with Crippen LogP contribution in [0.15, 0.2) is 97.1 Å². The minimum absolute atomic E-state index is 0.114. The van der Waals surface area contributed by atoms with Gasteiger partial charge in [0.25, 0.3) is 5.91 Å². The molecule has 0 saturated carbocycles. The van der Waals surface area contributed by atoms with E-state index in [1.165, 1.54) is 5.56 Å².